The van der Waals surface area contributed by atoms with Crippen LogP contribution in [0.1, 0.15) is 29.8 Å². The Morgan fingerprint density at radius 2 is 2.05 bits per heavy atom. The highest BCUT2D eigenvalue weighted by atomic mass is 79.9. The molecular formula is C14H18BrNO3. The summed E-state index contributed by atoms with van der Waals surface area (Å²) in [5, 5.41) is 3.09. The van der Waals surface area contributed by atoms with Crippen molar-refractivity contribution in [3.63, 3.8) is 0 Å². The van der Waals surface area contributed by atoms with Gasteiger partial charge in [0.05, 0.1) is 19.2 Å². The first-order valence-corrected chi connectivity index (χ1v) is 6.85. The highest BCUT2D eigenvalue weighted by Gasteiger charge is 2.09. The number of rotatable bonds is 6. The van der Waals surface area contributed by atoms with Crippen LogP contribution in [0.5, 0.6) is 0 Å². The van der Waals surface area contributed by atoms with Gasteiger partial charge >= 0.3 is 5.97 Å². The first-order valence-electron chi connectivity index (χ1n) is 6.06. The first kappa shape index (κ1) is 15.9. The van der Waals surface area contributed by atoms with Crippen molar-refractivity contribution in [1.82, 2.24) is 5.32 Å². The number of carbonyl (C=O) groups is 2. The second-order valence-corrected chi connectivity index (χ2v) is 5.38. The minimum Gasteiger partial charge on any atom is -0.465 e. The van der Waals surface area contributed by atoms with E-state index >= 15 is 0 Å². The molecule has 0 aliphatic heterocycles. The molecule has 0 aromatic heterocycles. The van der Waals surface area contributed by atoms with E-state index in [-0.39, 0.29) is 17.7 Å². The van der Waals surface area contributed by atoms with E-state index in [1.807, 2.05) is 19.9 Å². The summed E-state index contributed by atoms with van der Waals surface area (Å²) in [5.74, 6) is -0.143. The van der Waals surface area contributed by atoms with E-state index in [0.29, 0.717) is 18.7 Å². The van der Waals surface area contributed by atoms with Gasteiger partial charge in [0.15, 0.2) is 0 Å². The molecule has 0 aliphatic rings. The van der Waals surface area contributed by atoms with Crippen molar-refractivity contribution in [3.05, 3.63) is 33.8 Å². The summed E-state index contributed by atoms with van der Waals surface area (Å²) < 4.78 is 5.47. The Morgan fingerprint density at radius 1 is 1.37 bits per heavy atom. The first-order chi connectivity index (χ1) is 8.95. The summed E-state index contributed by atoms with van der Waals surface area (Å²) in [6.07, 6.45) is 0. The molecule has 19 heavy (non-hydrogen) atoms. The third-order valence-electron chi connectivity index (χ3n) is 2.73. The highest BCUT2D eigenvalue weighted by molar-refractivity contribution is 9.10. The smallest absolute Gasteiger partial charge is 0.337 e. The van der Waals surface area contributed by atoms with E-state index in [9.17, 15) is 9.59 Å². The molecule has 5 heteroatoms. The molecule has 104 valence electrons. The Hall–Kier alpha value is -1.20. The van der Waals surface area contributed by atoms with Crippen molar-refractivity contribution in [2.45, 2.75) is 20.4 Å². The van der Waals surface area contributed by atoms with Crippen molar-refractivity contribution in [1.29, 1.82) is 0 Å². The number of ether oxygens (including phenoxy) is 1. The third kappa shape index (κ3) is 4.76. The highest BCUT2D eigenvalue weighted by Crippen LogP contribution is 2.19. The molecule has 0 unspecified atom stereocenters. The Bertz CT molecular complexity index is 472. The second-order valence-electron chi connectivity index (χ2n) is 4.52. The van der Waals surface area contributed by atoms with E-state index in [0.717, 1.165) is 10.0 Å². The van der Waals surface area contributed by atoms with Crippen molar-refractivity contribution < 1.29 is 14.3 Å². The van der Waals surface area contributed by atoms with E-state index < -0.39 is 0 Å². The zero-order valence-corrected chi connectivity index (χ0v) is 12.9. The molecule has 0 fully saturated rings. The number of esters is 1. The molecule has 1 N–H and O–H groups in total. The topological polar surface area (TPSA) is 55.4 Å². The van der Waals surface area contributed by atoms with Crippen LogP contribution in [0.3, 0.4) is 0 Å². The molecule has 0 amide bonds. The van der Waals surface area contributed by atoms with Crippen molar-refractivity contribution in [2.75, 3.05) is 13.7 Å². The molecule has 1 aromatic carbocycles. The molecule has 1 rings (SSSR count). The van der Waals surface area contributed by atoms with Crippen LogP contribution in [0.15, 0.2) is 22.7 Å². The van der Waals surface area contributed by atoms with E-state index in [2.05, 4.69) is 26.0 Å². The average Bonchev–Trinajstić information content (AvgIpc) is 2.39. The maximum absolute atomic E-state index is 11.5. The summed E-state index contributed by atoms with van der Waals surface area (Å²) >= 11 is 3.41. The fraction of sp³-hybridized carbons (Fsp3) is 0.429. The number of methoxy groups -OCH3 is 1. The Morgan fingerprint density at radius 3 is 2.58 bits per heavy atom. The Labute approximate surface area is 121 Å². The van der Waals surface area contributed by atoms with Crippen LogP contribution >= 0.6 is 15.9 Å². The summed E-state index contributed by atoms with van der Waals surface area (Å²) in [5.41, 5.74) is 1.49. The lowest BCUT2D eigenvalue weighted by atomic mass is 10.1. The van der Waals surface area contributed by atoms with E-state index in [1.54, 1.807) is 12.1 Å². The number of nitrogens with one attached hydrogen (secondary N) is 1. The number of hydrogen-bond donors (Lipinski definition) is 1. The van der Waals surface area contributed by atoms with Gasteiger partial charge in [-0.15, -0.1) is 0 Å². The molecular weight excluding hydrogens is 310 g/mol. The molecule has 0 atom stereocenters. The van der Waals surface area contributed by atoms with Gasteiger partial charge in [0.25, 0.3) is 0 Å². The van der Waals surface area contributed by atoms with Gasteiger partial charge in [0.2, 0.25) is 0 Å². The molecule has 0 spiro atoms. The lowest BCUT2D eigenvalue weighted by molar-refractivity contribution is -0.121. The molecule has 4 nitrogen and oxygen atoms in total. The number of halogens is 1. The maximum atomic E-state index is 11.5. The third-order valence-corrected chi connectivity index (χ3v) is 3.47. The molecule has 0 saturated carbocycles. The van der Waals surface area contributed by atoms with Crippen molar-refractivity contribution >= 4 is 27.7 Å². The predicted octanol–water partition coefficient (Wildman–Crippen LogP) is 2.55. The molecule has 0 saturated heterocycles. The standard InChI is InChI=1S/C14H18BrNO3/c1-9(2)13(17)8-16-7-11-5-4-10(6-12(11)15)14(18)19-3/h4-6,9,16H,7-8H2,1-3H3. The maximum Gasteiger partial charge on any atom is 0.337 e. The number of hydrogen-bond acceptors (Lipinski definition) is 4. The van der Waals surface area contributed by atoms with Gasteiger partial charge < -0.3 is 10.1 Å². The zero-order valence-electron chi connectivity index (χ0n) is 11.3. The SMILES string of the molecule is COC(=O)c1ccc(CNCC(=O)C(C)C)c(Br)c1. The summed E-state index contributed by atoms with van der Waals surface area (Å²) in [7, 11) is 1.35. The molecule has 0 bridgehead atoms. The fourth-order valence-corrected chi connectivity index (χ4v) is 1.98. The summed E-state index contributed by atoms with van der Waals surface area (Å²) in [4.78, 5) is 22.8. The van der Waals surface area contributed by atoms with Crippen LogP contribution in [0, 0.1) is 5.92 Å². The number of Topliss-reactive ketones (excluding diaryl/α,β-unsaturated/α-hetero) is 1. The Balaban J connectivity index is 2.61. The van der Waals surface area contributed by atoms with Gasteiger partial charge in [-0.2, -0.15) is 0 Å². The van der Waals surface area contributed by atoms with Gasteiger partial charge in [-0.3, -0.25) is 4.79 Å². The van der Waals surface area contributed by atoms with Crippen LogP contribution in [0.25, 0.3) is 0 Å². The number of carbonyl (C=O) groups excluding carboxylic acids is 2. The van der Waals surface area contributed by atoms with Gasteiger partial charge in [-0.25, -0.2) is 4.79 Å². The van der Waals surface area contributed by atoms with Crippen LogP contribution < -0.4 is 5.32 Å². The monoisotopic (exact) mass is 327 g/mol. The van der Waals surface area contributed by atoms with Crippen molar-refractivity contribution in [2.24, 2.45) is 5.92 Å². The molecule has 0 radical (unpaired) electrons. The molecule has 0 aliphatic carbocycles. The fourth-order valence-electron chi connectivity index (χ4n) is 1.46. The number of ketones is 1. The predicted molar refractivity (Wildman–Crippen MR) is 77.0 cm³/mol. The lowest BCUT2D eigenvalue weighted by Crippen LogP contribution is -2.25. The minimum atomic E-state index is -0.366. The van der Waals surface area contributed by atoms with Gasteiger partial charge in [0, 0.05) is 16.9 Å². The Kier molecular flexibility index (Phi) is 6.18. The minimum absolute atomic E-state index is 0.0395. The lowest BCUT2D eigenvalue weighted by Gasteiger charge is -2.09. The largest absolute Gasteiger partial charge is 0.465 e. The van der Waals surface area contributed by atoms with Crippen LogP contribution in [0.2, 0.25) is 0 Å². The van der Waals surface area contributed by atoms with Gasteiger partial charge in [-0.1, -0.05) is 35.8 Å². The quantitative estimate of drug-likeness (QED) is 0.816. The average molecular weight is 328 g/mol. The molecule has 1 aromatic rings. The van der Waals surface area contributed by atoms with Crippen LogP contribution in [-0.2, 0) is 16.1 Å². The van der Waals surface area contributed by atoms with Crippen LogP contribution in [0.4, 0.5) is 0 Å². The van der Waals surface area contributed by atoms with E-state index in [1.165, 1.54) is 7.11 Å². The van der Waals surface area contributed by atoms with Gasteiger partial charge in [0.1, 0.15) is 5.78 Å². The normalized spacial score (nSPS) is 10.6. The zero-order chi connectivity index (χ0) is 14.4. The summed E-state index contributed by atoms with van der Waals surface area (Å²) in [6.45, 7) is 4.68. The van der Waals surface area contributed by atoms with Crippen molar-refractivity contribution in [3.8, 4) is 0 Å². The second kappa shape index (κ2) is 7.40. The van der Waals surface area contributed by atoms with Gasteiger partial charge in [-0.05, 0) is 17.7 Å². The number of benzene rings is 1. The van der Waals surface area contributed by atoms with E-state index in [4.69, 9.17) is 0 Å². The molecule has 0 heterocycles. The summed E-state index contributed by atoms with van der Waals surface area (Å²) in [6, 6.07) is 5.26. The van der Waals surface area contributed by atoms with Crippen LogP contribution in [-0.4, -0.2) is 25.4 Å².